The largest absolute Gasteiger partial charge is 0.337 e. The Hall–Kier alpha value is -2.14. The van der Waals surface area contributed by atoms with Crippen LogP contribution in [0.2, 0.25) is 0 Å². The monoisotopic (exact) mass is 315 g/mol. The lowest BCUT2D eigenvalue weighted by atomic mass is 9.98. The second-order valence-corrected chi connectivity index (χ2v) is 6.45. The van der Waals surface area contributed by atoms with E-state index in [1.807, 2.05) is 56.3 Å². The first-order valence-corrected chi connectivity index (χ1v) is 7.90. The van der Waals surface area contributed by atoms with E-state index in [1.165, 1.54) is 0 Å². The molecule has 0 saturated heterocycles. The van der Waals surface area contributed by atoms with Gasteiger partial charge in [0.2, 0.25) is 11.8 Å². The maximum atomic E-state index is 12.3. The van der Waals surface area contributed by atoms with Gasteiger partial charge in [0, 0.05) is 23.6 Å². The first-order valence-electron chi connectivity index (χ1n) is 7.90. The van der Waals surface area contributed by atoms with Crippen molar-refractivity contribution in [1.82, 2.24) is 10.1 Å². The molecular formula is C18H25N3O2. The molecule has 0 aliphatic carbocycles. The summed E-state index contributed by atoms with van der Waals surface area (Å²) in [5.74, 6) is 0.456. The third-order valence-corrected chi connectivity index (χ3v) is 3.68. The minimum absolute atomic E-state index is 0.0589. The first-order chi connectivity index (χ1) is 10.9. The van der Waals surface area contributed by atoms with E-state index in [0.29, 0.717) is 12.4 Å². The predicted octanol–water partition coefficient (Wildman–Crippen LogP) is 3.60. The minimum atomic E-state index is -0.129. The van der Waals surface area contributed by atoms with E-state index < -0.39 is 0 Å². The molecule has 0 aliphatic heterocycles. The summed E-state index contributed by atoms with van der Waals surface area (Å²) in [6, 6.07) is 9.87. The van der Waals surface area contributed by atoms with Crippen LogP contribution in [0, 0.1) is 5.92 Å². The van der Waals surface area contributed by atoms with Crippen molar-refractivity contribution in [2.45, 2.75) is 26.7 Å². The number of amides is 1. The molecule has 1 N–H and O–H groups in total. The van der Waals surface area contributed by atoms with Crippen molar-refractivity contribution in [2.24, 2.45) is 5.92 Å². The quantitative estimate of drug-likeness (QED) is 0.885. The molecule has 2 aromatic rings. The summed E-state index contributed by atoms with van der Waals surface area (Å²) < 4.78 is 5.44. The Bertz CT molecular complexity index is 648. The molecule has 1 atom stereocenters. The Morgan fingerprint density at radius 3 is 2.43 bits per heavy atom. The lowest BCUT2D eigenvalue weighted by Crippen LogP contribution is -2.30. The van der Waals surface area contributed by atoms with Gasteiger partial charge < -0.3 is 9.42 Å². The van der Waals surface area contributed by atoms with Crippen molar-refractivity contribution in [3.05, 3.63) is 35.9 Å². The van der Waals surface area contributed by atoms with E-state index in [-0.39, 0.29) is 17.7 Å². The van der Waals surface area contributed by atoms with Gasteiger partial charge in [-0.15, -0.1) is 0 Å². The van der Waals surface area contributed by atoms with Crippen LogP contribution < -0.4 is 5.32 Å². The fourth-order valence-electron chi connectivity index (χ4n) is 2.59. The maximum absolute atomic E-state index is 12.3. The standard InChI is InChI=1S/C18H25N3O2/c1-12(2)15-16(14-9-7-6-8-10-14)20-23-18(15)19-17(22)13(3)11-21(4)5/h6-10,12-13H,11H2,1-5H3,(H,19,22). The zero-order valence-electron chi connectivity index (χ0n) is 14.5. The molecule has 1 aromatic carbocycles. The van der Waals surface area contributed by atoms with Gasteiger partial charge in [0.1, 0.15) is 5.69 Å². The number of nitrogens with one attached hydrogen (secondary N) is 1. The van der Waals surface area contributed by atoms with Crippen molar-refractivity contribution in [1.29, 1.82) is 0 Å². The molecule has 0 aliphatic rings. The number of carbonyl (C=O) groups excluding carboxylic acids is 1. The molecule has 5 heteroatoms. The van der Waals surface area contributed by atoms with Crippen molar-refractivity contribution in [3.63, 3.8) is 0 Å². The van der Waals surface area contributed by atoms with Gasteiger partial charge in [-0.25, -0.2) is 0 Å². The molecule has 0 spiro atoms. The van der Waals surface area contributed by atoms with Crippen molar-refractivity contribution >= 4 is 11.8 Å². The average molecular weight is 315 g/mol. The summed E-state index contributed by atoms with van der Waals surface area (Å²) in [6.45, 7) is 6.72. The van der Waals surface area contributed by atoms with Crippen molar-refractivity contribution in [3.8, 4) is 11.3 Å². The zero-order valence-corrected chi connectivity index (χ0v) is 14.5. The highest BCUT2D eigenvalue weighted by molar-refractivity contribution is 5.92. The topological polar surface area (TPSA) is 58.4 Å². The van der Waals surface area contributed by atoms with E-state index in [1.54, 1.807) is 0 Å². The van der Waals surface area contributed by atoms with Crippen LogP contribution in [0.5, 0.6) is 0 Å². The van der Waals surface area contributed by atoms with Crippen LogP contribution in [0.25, 0.3) is 11.3 Å². The molecule has 1 aromatic heterocycles. The SMILES string of the molecule is CC(CN(C)C)C(=O)Nc1onc(-c2ccccc2)c1C(C)C. The molecule has 1 amide bonds. The van der Waals surface area contributed by atoms with E-state index in [4.69, 9.17) is 4.52 Å². The van der Waals surface area contributed by atoms with Crippen LogP contribution >= 0.6 is 0 Å². The molecule has 23 heavy (non-hydrogen) atoms. The Morgan fingerprint density at radius 1 is 1.22 bits per heavy atom. The molecule has 0 bridgehead atoms. The average Bonchev–Trinajstić information content (AvgIpc) is 2.91. The number of carbonyl (C=O) groups is 1. The van der Waals surface area contributed by atoms with Gasteiger partial charge in [-0.3, -0.25) is 10.1 Å². The second-order valence-electron chi connectivity index (χ2n) is 6.45. The summed E-state index contributed by atoms with van der Waals surface area (Å²) in [5, 5.41) is 7.07. The highest BCUT2D eigenvalue weighted by Gasteiger charge is 2.23. The van der Waals surface area contributed by atoms with Crippen molar-refractivity contribution in [2.75, 3.05) is 26.0 Å². The van der Waals surface area contributed by atoms with E-state index in [9.17, 15) is 4.79 Å². The lowest BCUT2D eigenvalue weighted by molar-refractivity contribution is -0.119. The van der Waals surface area contributed by atoms with Crippen LogP contribution in [0.3, 0.4) is 0 Å². The summed E-state index contributed by atoms with van der Waals surface area (Å²) in [4.78, 5) is 14.3. The first kappa shape index (κ1) is 17.2. The molecule has 124 valence electrons. The fourth-order valence-corrected chi connectivity index (χ4v) is 2.59. The highest BCUT2D eigenvalue weighted by atomic mass is 16.5. The molecule has 1 unspecified atom stereocenters. The van der Waals surface area contributed by atoms with Crippen LogP contribution in [0.15, 0.2) is 34.9 Å². The highest BCUT2D eigenvalue weighted by Crippen LogP contribution is 2.34. The van der Waals surface area contributed by atoms with E-state index in [2.05, 4.69) is 24.3 Å². The number of anilines is 1. The molecule has 0 saturated carbocycles. The van der Waals surface area contributed by atoms with E-state index in [0.717, 1.165) is 16.8 Å². The number of benzene rings is 1. The summed E-state index contributed by atoms with van der Waals surface area (Å²) in [6.07, 6.45) is 0. The van der Waals surface area contributed by atoms with Gasteiger partial charge in [0.15, 0.2) is 0 Å². The number of hydrogen-bond acceptors (Lipinski definition) is 4. The minimum Gasteiger partial charge on any atom is -0.337 e. The lowest BCUT2D eigenvalue weighted by Gasteiger charge is -2.16. The maximum Gasteiger partial charge on any atom is 0.235 e. The Morgan fingerprint density at radius 2 is 1.87 bits per heavy atom. The van der Waals surface area contributed by atoms with Gasteiger partial charge in [-0.05, 0) is 20.0 Å². The van der Waals surface area contributed by atoms with Crippen molar-refractivity contribution < 1.29 is 9.32 Å². The number of nitrogens with zero attached hydrogens (tertiary/aromatic N) is 2. The third kappa shape index (κ3) is 4.20. The third-order valence-electron chi connectivity index (χ3n) is 3.68. The summed E-state index contributed by atoms with van der Waals surface area (Å²) in [7, 11) is 3.90. The summed E-state index contributed by atoms with van der Waals surface area (Å²) >= 11 is 0. The normalized spacial score (nSPS) is 12.7. The molecule has 2 rings (SSSR count). The second kappa shape index (κ2) is 7.42. The van der Waals surface area contributed by atoms with Gasteiger partial charge in [-0.2, -0.15) is 0 Å². The Labute approximate surface area is 137 Å². The number of rotatable bonds is 6. The Balaban J connectivity index is 2.27. The predicted molar refractivity (Wildman–Crippen MR) is 92.4 cm³/mol. The fraction of sp³-hybridized carbons (Fsp3) is 0.444. The van der Waals surface area contributed by atoms with Crippen LogP contribution in [0.4, 0.5) is 5.88 Å². The Kier molecular flexibility index (Phi) is 5.55. The number of hydrogen-bond donors (Lipinski definition) is 1. The van der Waals surface area contributed by atoms with Crippen LogP contribution in [0.1, 0.15) is 32.3 Å². The van der Waals surface area contributed by atoms with Crippen LogP contribution in [-0.4, -0.2) is 36.6 Å². The summed E-state index contributed by atoms with van der Waals surface area (Å²) in [5.41, 5.74) is 2.71. The molecule has 0 radical (unpaired) electrons. The van der Waals surface area contributed by atoms with Gasteiger partial charge in [0.25, 0.3) is 0 Å². The molecule has 1 heterocycles. The molecule has 0 fully saturated rings. The smallest absolute Gasteiger partial charge is 0.235 e. The van der Waals surface area contributed by atoms with Gasteiger partial charge in [0.05, 0.1) is 0 Å². The van der Waals surface area contributed by atoms with Gasteiger partial charge in [-0.1, -0.05) is 56.3 Å². The number of aromatic nitrogens is 1. The van der Waals surface area contributed by atoms with E-state index >= 15 is 0 Å². The van der Waals surface area contributed by atoms with Crippen LogP contribution in [-0.2, 0) is 4.79 Å². The van der Waals surface area contributed by atoms with Gasteiger partial charge >= 0.3 is 0 Å². The zero-order chi connectivity index (χ0) is 17.0. The molecule has 5 nitrogen and oxygen atoms in total. The molecular weight excluding hydrogens is 290 g/mol.